The molecule has 25 heavy (non-hydrogen) atoms. The van der Waals surface area contributed by atoms with E-state index in [9.17, 15) is 4.21 Å². The average molecular weight is 359 g/mol. The summed E-state index contributed by atoms with van der Waals surface area (Å²) in [5.41, 5.74) is 1.14. The van der Waals surface area contributed by atoms with Gasteiger partial charge >= 0.3 is 0 Å². The van der Waals surface area contributed by atoms with Crippen LogP contribution in [0.5, 0.6) is 5.88 Å². The molecule has 0 bridgehead atoms. The Morgan fingerprint density at radius 3 is 2.56 bits per heavy atom. The fourth-order valence-corrected chi connectivity index (χ4v) is 3.59. The van der Waals surface area contributed by atoms with Gasteiger partial charge in [0.2, 0.25) is 5.88 Å². The van der Waals surface area contributed by atoms with Gasteiger partial charge in [-0.15, -0.1) is 0 Å². The largest absolute Gasteiger partial charge is 0.473 e. The van der Waals surface area contributed by atoms with Crippen LogP contribution in [0, 0.1) is 0 Å². The summed E-state index contributed by atoms with van der Waals surface area (Å²) in [6.07, 6.45) is 11.4. The van der Waals surface area contributed by atoms with Crippen molar-refractivity contribution < 1.29 is 8.95 Å². The van der Waals surface area contributed by atoms with Crippen molar-refractivity contribution >= 4 is 16.6 Å². The van der Waals surface area contributed by atoms with E-state index in [1.165, 1.54) is 19.3 Å². The second-order valence-electron chi connectivity index (χ2n) is 6.55. The summed E-state index contributed by atoms with van der Waals surface area (Å²) < 4.78 is 17.5. The Morgan fingerprint density at radius 2 is 1.88 bits per heavy atom. The Bertz CT molecular complexity index is 715. The smallest absolute Gasteiger partial charge is 0.234 e. The molecule has 0 aliphatic heterocycles. The van der Waals surface area contributed by atoms with Crippen LogP contribution in [0.15, 0.2) is 41.6 Å². The fourth-order valence-electron chi connectivity index (χ4n) is 3.07. The number of hydrogen-bond donors (Lipinski definition) is 0. The number of rotatable bonds is 6. The van der Waals surface area contributed by atoms with Crippen LogP contribution >= 0.6 is 0 Å². The molecule has 1 saturated carbocycles. The van der Waals surface area contributed by atoms with E-state index in [-0.39, 0.29) is 6.10 Å². The first-order valence-corrected chi connectivity index (χ1v) is 10.3. The summed E-state index contributed by atoms with van der Waals surface area (Å²) in [6, 6.07) is 7.83. The molecule has 6 heteroatoms. The van der Waals surface area contributed by atoms with Gasteiger partial charge in [0.25, 0.3) is 0 Å². The summed E-state index contributed by atoms with van der Waals surface area (Å²) in [6.45, 7) is 0.707. The lowest BCUT2D eigenvalue weighted by atomic mass is 9.98. The van der Waals surface area contributed by atoms with Crippen LogP contribution in [0.3, 0.4) is 0 Å². The quantitative estimate of drug-likeness (QED) is 0.789. The van der Waals surface area contributed by atoms with Crippen molar-refractivity contribution in [3.8, 4) is 5.88 Å². The van der Waals surface area contributed by atoms with Gasteiger partial charge < -0.3 is 9.64 Å². The maximum atomic E-state index is 11.5. The zero-order valence-corrected chi connectivity index (χ0v) is 15.7. The topological polar surface area (TPSA) is 55.3 Å². The van der Waals surface area contributed by atoms with Gasteiger partial charge in [-0.3, -0.25) is 9.19 Å². The molecule has 0 spiro atoms. The predicted octanol–water partition coefficient (Wildman–Crippen LogP) is 3.56. The Balaban J connectivity index is 1.64. The first-order valence-electron chi connectivity index (χ1n) is 8.74. The van der Waals surface area contributed by atoms with Crippen LogP contribution in [0.25, 0.3) is 0 Å². The molecule has 0 N–H and O–H groups in total. The van der Waals surface area contributed by atoms with E-state index < -0.39 is 10.8 Å². The van der Waals surface area contributed by atoms with E-state index in [4.69, 9.17) is 4.74 Å². The van der Waals surface area contributed by atoms with Crippen molar-refractivity contribution in [1.29, 1.82) is 0 Å². The normalized spacial score (nSPS) is 16.4. The summed E-state index contributed by atoms with van der Waals surface area (Å²) in [7, 11) is 1.04. The van der Waals surface area contributed by atoms with Gasteiger partial charge in [0.15, 0.2) is 5.82 Å². The van der Waals surface area contributed by atoms with Gasteiger partial charge in [0, 0.05) is 35.5 Å². The van der Waals surface area contributed by atoms with E-state index in [0.717, 1.165) is 29.1 Å². The highest BCUT2D eigenvalue weighted by molar-refractivity contribution is 7.84. The van der Waals surface area contributed by atoms with Crippen molar-refractivity contribution in [2.75, 3.05) is 18.2 Å². The number of ether oxygens (including phenoxy) is 1. The Hall–Kier alpha value is -1.95. The minimum Gasteiger partial charge on any atom is -0.473 e. The van der Waals surface area contributed by atoms with Crippen LogP contribution < -0.4 is 9.64 Å². The minimum atomic E-state index is -0.945. The summed E-state index contributed by atoms with van der Waals surface area (Å²) in [4.78, 5) is 11.8. The molecule has 1 aromatic heterocycles. The standard InChI is InChI=1S/C19H25N3O2S/c1-22(14-15-8-10-17(11-9-15)25(2)23)18-12-20-13-19(21-18)24-16-6-4-3-5-7-16/h8-13,16H,3-7,14H2,1-2H3. The van der Waals surface area contributed by atoms with Crippen molar-refractivity contribution in [3.05, 3.63) is 42.2 Å². The SMILES string of the molecule is CN(Cc1ccc(S(C)=O)cc1)c1cncc(OC2CCCCC2)n1. The van der Waals surface area contributed by atoms with E-state index in [2.05, 4.69) is 9.97 Å². The molecule has 1 heterocycles. The average Bonchev–Trinajstić information content (AvgIpc) is 2.63. The third-order valence-corrected chi connectivity index (χ3v) is 5.44. The monoisotopic (exact) mass is 359 g/mol. The lowest BCUT2D eigenvalue weighted by Crippen LogP contribution is -2.22. The second kappa shape index (κ2) is 8.43. The van der Waals surface area contributed by atoms with Crippen LogP contribution in [0.4, 0.5) is 5.82 Å². The van der Waals surface area contributed by atoms with Crippen molar-refractivity contribution in [1.82, 2.24) is 9.97 Å². The van der Waals surface area contributed by atoms with Crippen LogP contribution in [0.2, 0.25) is 0 Å². The first kappa shape index (κ1) is 17.9. The highest BCUT2D eigenvalue weighted by Crippen LogP contribution is 2.23. The van der Waals surface area contributed by atoms with Crippen molar-refractivity contribution in [3.63, 3.8) is 0 Å². The predicted molar refractivity (Wildman–Crippen MR) is 100 cm³/mol. The summed E-state index contributed by atoms with van der Waals surface area (Å²) >= 11 is 0. The molecule has 5 nitrogen and oxygen atoms in total. The zero-order valence-electron chi connectivity index (χ0n) is 14.9. The van der Waals surface area contributed by atoms with E-state index in [0.29, 0.717) is 12.4 Å². The molecule has 0 amide bonds. The van der Waals surface area contributed by atoms with Gasteiger partial charge in [-0.2, -0.15) is 4.98 Å². The van der Waals surface area contributed by atoms with Gasteiger partial charge in [0.1, 0.15) is 6.10 Å². The number of anilines is 1. The molecule has 0 radical (unpaired) electrons. The lowest BCUT2D eigenvalue weighted by Gasteiger charge is -2.23. The van der Waals surface area contributed by atoms with Crippen LogP contribution in [-0.2, 0) is 17.3 Å². The highest BCUT2D eigenvalue weighted by atomic mass is 32.2. The molecule has 1 atom stereocenters. The molecule has 1 aliphatic carbocycles. The van der Waals surface area contributed by atoms with Gasteiger partial charge in [-0.25, -0.2) is 0 Å². The van der Waals surface area contributed by atoms with E-state index >= 15 is 0 Å². The molecule has 134 valence electrons. The minimum absolute atomic E-state index is 0.270. The summed E-state index contributed by atoms with van der Waals surface area (Å²) in [5, 5.41) is 0. The number of hydrogen-bond acceptors (Lipinski definition) is 5. The Morgan fingerprint density at radius 1 is 1.16 bits per heavy atom. The molecule has 2 aromatic rings. The van der Waals surface area contributed by atoms with Crippen molar-refractivity contribution in [2.24, 2.45) is 0 Å². The molecule has 1 aromatic carbocycles. The van der Waals surface area contributed by atoms with Gasteiger partial charge in [-0.05, 0) is 43.4 Å². The Kier molecular flexibility index (Phi) is 6.02. The van der Waals surface area contributed by atoms with Crippen LogP contribution in [-0.4, -0.2) is 33.6 Å². The number of benzene rings is 1. The third kappa shape index (κ3) is 5.01. The lowest BCUT2D eigenvalue weighted by molar-refractivity contribution is 0.148. The van der Waals surface area contributed by atoms with Crippen molar-refractivity contribution in [2.45, 2.75) is 49.6 Å². The van der Waals surface area contributed by atoms with E-state index in [1.54, 1.807) is 18.6 Å². The number of nitrogens with zero attached hydrogens (tertiary/aromatic N) is 3. The first-order chi connectivity index (χ1) is 12.1. The zero-order chi connectivity index (χ0) is 17.6. The molecule has 1 fully saturated rings. The Labute approximate surface area is 151 Å². The fraction of sp³-hybridized carbons (Fsp3) is 0.474. The maximum absolute atomic E-state index is 11.5. The number of aromatic nitrogens is 2. The molecule has 1 aliphatic rings. The molecular weight excluding hydrogens is 334 g/mol. The molecular formula is C19H25N3O2S. The summed E-state index contributed by atoms with van der Waals surface area (Å²) in [5.74, 6) is 1.39. The van der Waals surface area contributed by atoms with Gasteiger partial charge in [0.05, 0.1) is 12.4 Å². The molecule has 0 saturated heterocycles. The second-order valence-corrected chi connectivity index (χ2v) is 7.93. The van der Waals surface area contributed by atoms with E-state index in [1.807, 2.05) is 36.2 Å². The molecule has 1 unspecified atom stereocenters. The van der Waals surface area contributed by atoms with Gasteiger partial charge in [-0.1, -0.05) is 18.6 Å². The highest BCUT2D eigenvalue weighted by Gasteiger charge is 2.16. The maximum Gasteiger partial charge on any atom is 0.234 e. The van der Waals surface area contributed by atoms with Crippen LogP contribution in [0.1, 0.15) is 37.7 Å². The third-order valence-electron chi connectivity index (χ3n) is 4.51. The molecule has 3 rings (SSSR count).